The summed E-state index contributed by atoms with van der Waals surface area (Å²) in [6, 6.07) is 9.26. The number of hydrogen-bond acceptors (Lipinski definition) is 4. The van der Waals surface area contributed by atoms with Crippen molar-refractivity contribution < 1.29 is 22.4 Å². The minimum atomic E-state index is -4.79. The van der Waals surface area contributed by atoms with Crippen molar-refractivity contribution in [2.45, 2.75) is 57.7 Å². The van der Waals surface area contributed by atoms with Crippen molar-refractivity contribution in [3.05, 3.63) is 59.5 Å². The molecule has 0 radical (unpaired) electrons. The van der Waals surface area contributed by atoms with Gasteiger partial charge in [-0.3, -0.25) is 0 Å². The summed E-state index contributed by atoms with van der Waals surface area (Å²) in [5.41, 5.74) is -0.726. The number of aromatic nitrogens is 2. The van der Waals surface area contributed by atoms with Gasteiger partial charge in [0.05, 0.1) is 16.9 Å². The van der Waals surface area contributed by atoms with Crippen molar-refractivity contribution in [3.8, 4) is 0 Å². The minimum Gasteiger partial charge on any atom is -0.354 e. The van der Waals surface area contributed by atoms with Gasteiger partial charge < -0.3 is 15.5 Å². The Morgan fingerprint density at radius 2 is 1.81 bits per heavy atom. The van der Waals surface area contributed by atoms with Gasteiger partial charge in [0.1, 0.15) is 5.82 Å². The van der Waals surface area contributed by atoms with Crippen LogP contribution in [-0.2, 0) is 6.18 Å². The summed E-state index contributed by atoms with van der Waals surface area (Å²) >= 11 is 0. The van der Waals surface area contributed by atoms with E-state index >= 15 is 0 Å². The molecule has 2 amide bonds. The summed E-state index contributed by atoms with van der Waals surface area (Å²) in [5.74, 6) is 0.0695. The molecular weight excluding hydrogens is 474 g/mol. The number of anilines is 2. The van der Waals surface area contributed by atoms with E-state index in [0.717, 1.165) is 47.3 Å². The maximum Gasteiger partial charge on any atom is 0.418 e. The Balaban J connectivity index is 1.41. The van der Waals surface area contributed by atoms with Gasteiger partial charge in [-0.25, -0.2) is 9.18 Å². The van der Waals surface area contributed by atoms with Crippen LogP contribution in [0.5, 0.6) is 0 Å². The fourth-order valence-electron chi connectivity index (χ4n) is 4.72. The first kappa shape index (κ1) is 25.7. The van der Waals surface area contributed by atoms with Crippen molar-refractivity contribution in [2.24, 2.45) is 0 Å². The van der Waals surface area contributed by atoms with Gasteiger partial charge in [-0.15, -0.1) is 5.10 Å². The summed E-state index contributed by atoms with van der Waals surface area (Å²) in [6.45, 7) is 5.52. The maximum atomic E-state index is 13.3. The maximum absolute atomic E-state index is 13.3. The second-order valence-electron chi connectivity index (χ2n) is 9.19. The second-order valence-corrected chi connectivity index (χ2v) is 9.19. The number of benzene rings is 2. The number of halogens is 4. The molecule has 4 rings (SSSR count). The molecule has 0 bridgehead atoms. The largest absolute Gasteiger partial charge is 0.418 e. The van der Waals surface area contributed by atoms with Crippen molar-refractivity contribution >= 4 is 28.3 Å². The van der Waals surface area contributed by atoms with E-state index in [4.69, 9.17) is 0 Å². The number of fused-ring (bicyclic) bond motifs is 1. The molecule has 1 saturated heterocycles. The topological polar surface area (TPSA) is 70.2 Å². The van der Waals surface area contributed by atoms with Gasteiger partial charge in [0.25, 0.3) is 0 Å². The smallest absolute Gasteiger partial charge is 0.354 e. The molecule has 6 nitrogen and oxygen atoms in total. The number of nitrogens with one attached hydrogen (secondary N) is 2. The second kappa shape index (κ2) is 10.7. The number of rotatable bonds is 6. The molecule has 0 saturated carbocycles. The van der Waals surface area contributed by atoms with E-state index in [-0.39, 0.29) is 6.04 Å². The molecule has 3 aromatic rings. The van der Waals surface area contributed by atoms with Gasteiger partial charge in [-0.2, -0.15) is 18.3 Å². The minimum absolute atomic E-state index is 0.223. The van der Waals surface area contributed by atoms with Crippen LogP contribution >= 0.6 is 0 Å². The van der Waals surface area contributed by atoms with E-state index in [1.54, 1.807) is 0 Å². The van der Waals surface area contributed by atoms with Gasteiger partial charge in [0.15, 0.2) is 5.82 Å². The number of hydrogen-bond donors (Lipinski definition) is 2. The van der Waals surface area contributed by atoms with Crippen LogP contribution in [-0.4, -0.2) is 35.4 Å². The van der Waals surface area contributed by atoms with Crippen LogP contribution in [0.2, 0.25) is 0 Å². The lowest BCUT2D eigenvalue weighted by molar-refractivity contribution is -0.137. The molecule has 1 fully saturated rings. The van der Waals surface area contributed by atoms with Crippen molar-refractivity contribution in [3.63, 3.8) is 0 Å². The van der Waals surface area contributed by atoms with Crippen LogP contribution in [0, 0.1) is 5.82 Å². The molecule has 2 aromatic carbocycles. The predicted octanol–water partition coefficient (Wildman–Crippen LogP) is 6.48. The van der Waals surface area contributed by atoms with Crippen LogP contribution in [0.25, 0.3) is 10.8 Å². The predicted molar refractivity (Wildman–Crippen MR) is 132 cm³/mol. The molecular formula is C26H29F4N5O. The third-order valence-electron chi connectivity index (χ3n) is 6.55. The van der Waals surface area contributed by atoms with Crippen LogP contribution in [0.15, 0.2) is 42.5 Å². The normalized spacial score (nSPS) is 15.7. The summed E-state index contributed by atoms with van der Waals surface area (Å²) in [5, 5.41) is 16.2. The highest BCUT2D eigenvalue weighted by molar-refractivity contribution is 5.94. The summed E-state index contributed by atoms with van der Waals surface area (Å²) in [4.78, 5) is 14.5. The Bertz CT molecular complexity index is 1220. The highest BCUT2D eigenvalue weighted by atomic mass is 19.4. The Morgan fingerprint density at radius 3 is 2.47 bits per heavy atom. The quantitative estimate of drug-likeness (QED) is 0.378. The lowest BCUT2D eigenvalue weighted by Gasteiger charge is -2.33. The number of alkyl halides is 3. The Morgan fingerprint density at radius 1 is 1.11 bits per heavy atom. The molecule has 1 aromatic heterocycles. The van der Waals surface area contributed by atoms with E-state index in [1.165, 1.54) is 0 Å². The van der Waals surface area contributed by atoms with E-state index in [0.29, 0.717) is 37.9 Å². The first-order valence-electron chi connectivity index (χ1n) is 12.1. The van der Waals surface area contributed by atoms with Crippen LogP contribution in [0.3, 0.4) is 0 Å². The number of piperidine rings is 1. The number of carbonyl (C=O) groups excluding carboxylic acids is 1. The third kappa shape index (κ3) is 5.68. The first-order valence-corrected chi connectivity index (χ1v) is 12.1. The number of carbonyl (C=O) groups is 1. The van der Waals surface area contributed by atoms with E-state index in [2.05, 4.69) is 45.6 Å². The molecule has 1 aliphatic heterocycles. The van der Waals surface area contributed by atoms with Gasteiger partial charge >= 0.3 is 12.2 Å². The molecule has 1 aliphatic rings. The van der Waals surface area contributed by atoms with Crippen LogP contribution in [0.4, 0.5) is 33.9 Å². The average molecular weight is 504 g/mol. The standard InChI is InChI=1S/C26H29F4N5O/c1-3-6-16(2)23-19-7-4-5-8-20(19)24(34-33-23)35-13-11-18(12-14-35)31-25(36)32-22-10-9-17(27)15-21(22)26(28,29)30/h4-5,7-10,15-16,18H,3,6,11-14H2,1-2H3,(H2,31,32,36). The monoisotopic (exact) mass is 503 g/mol. The number of amides is 2. The number of nitrogens with zero attached hydrogens (tertiary/aromatic N) is 3. The SMILES string of the molecule is CCCC(C)c1nnc(N2CCC(NC(=O)Nc3ccc(F)cc3C(F)(F)F)CC2)c2ccccc12. The first-order chi connectivity index (χ1) is 17.2. The van der Waals surface area contributed by atoms with Gasteiger partial charge in [-0.05, 0) is 37.5 Å². The van der Waals surface area contributed by atoms with Crippen molar-refractivity contribution in [2.75, 3.05) is 23.3 Å². The fraction of sp³-hybridized carbons (Fsp3) is 0.423. The zero-order valence-electron chi connectivity index (χ0n) is 20.2. The van der Waals surface area contributed by atoms with Crippen molar-refractivity contribution in [1.82, 2.24) is 15.5 Å². The molecule has 0 aliphatic carbocycles. The zero-order valence-corrected chi connectivity index (χ0v) is 20.2. The Hall–Kier alpha value is -3.43. The molecule has 0 spiro atoms. The summed E-state index contributed by atoms with van der Waals surface area (Å²) in [7, 11) is 0. The third-order valence-corrected chi connectivity index (χ3v) is 6.55. The van der Waals surface area contributed by atoms with Gasteiger partial charge in [0, 0.05) is 35.8 Å². The molecule has 36 heavy (non-hydrogen) atoms. The van der Waals surface area contributed by atoms with E-state index in [9.17, 15) is 22.4 Å². The molecule has 1 unspecified atom stereocenters. The molecule has 192 valence electrons. The molecule has 10 heteroatoms. The molecule has 2 N–H and O–H groups in total. The highest BCUT2D eigenvalue weighted by Gasteiger charge is 2.34. The highest BCUT2D eigenvalue weighted by Crippen LogP contribution is 2.35. The van der Waals surface area contributed by atoms with Gasteiger partial charge in [0.2, 0.25) is 0 Å². The molecule has 1 atom stereocenters. The van der Waals surface area contributed by atoms with Gasteiger partial charge in [-0.1, -0.05) is 44.5 Å². The van der Waals surface area contributed by atoms with E-state index < -0.39 is 29.3 Å². The fourth-order valence-corrected chi connectivity index (χ4v) is 4.72. The zero-order chi connectivity index (χ0) is 25.9. The molecule has 2 heterocycles. The Labute approximate surface area is 207 Å². The summed E-state index contributed by atoms with van der Waals surface area (Å²) < 4.78 is 52.9. The average Bonchev–Trinajstić information content (AvgIpc) is 2.84. The van der Waals surface area contributed by atoms with Crippen molar-refractivity contribution in [1.29, 1.82) is 0 Å². The lowest BCUT2D eigenvalue weighted by atomic mass is 9.97. The number of urea groups is 1. The van der Waals surface area contributed by atoms with Crippen LogP contribution in [0.1, 0.15) is 56.7 Å². The Kier molecular flexibility index (Phi) is 7.61. The van der Waals surface area contributed by atoms with E-state index in [1.807, 2.05) is 18.2 Å². The lowest BCUT2D eigenvalue weighted by Crippen LogP contribution is -2.46. The van der Waals surface area contributed by atoms with Crippen LogP contribution < -0.4 is 15.5 Å². The summed E-state index contributed by atoms with van der Waals surface area (Å²) in [6.07, 6.45) is -1.52.